The molecule has 0 bridgehead atoms. The smallest absolute Gasteiger partial charge is 0.243 e. The van der Waals surface area contributed by atoms with E-state index >= 15 is 0 Å². The molecule has 3 aromatic carbocycles. The lowest BCUT2D eigenvalue weighted by Crippen LogP contribution is -2.60. The lowest BCUT2D eigenvalue weighted by molar-refractivity contribution is -0.133. The summed E-state index contributed by atoms with van der Waals surface area (Å²) in [6.45, 7) is 11.1. The summed E-state index contributed by atoms with van der Waals surface area (Å²) >= 11 is 0. The topological polar surface area (TPSA) is 154 Å². The molecule has 0 aromatic heterocycles. The van der Waals surface area contributed by atoms with Gasteiger partial charge < -0.3 is 21.5 Å². The van der Waals surface area contributed by atoms with Crippen LogP contribution in [0.25, 0.3) is 0 Å². The number of hydrogen-bond donors (Lipinski definition) is 5. The van der Waals surface area contributed by atoms with Crippen molar-refractivity contribution < 1.29 is 23.1 Å². The predicted octanol–water partition coefficient (Wildman–Crippen LogP) is 4.20. The molecule has 49 heavy (non-hydrogen) atoms. The van der Waals surface area contributed by atoms with Gasteiger partial charge in [0.05, 0.1) is 23.1 Å². The number of nitrogens with two attached hydrogens (primary N) is 1. The Hall–Kier alpha value is -3.77. The molecule has 1 fully saturated rings. The zero-order chi connectivity index (χ0) is 36.0. The van der Waals surface area contributed by atoms with Crippen LogP contribution in [0.2, 0.25) is 0 Å². The highest BCUT2D eigenvalue weighted by Gasteiger charge is 2.46. The number of rotatable bonds is 16. The molecule has 1 saturated carbocycles. The van der Waals surface area contributed by atoms with Gasteiger partial charge in [-0.3, -0.25) is 14.9 Å². The van der Waals surface area contributed by atoms with Gasteiger partial charge in [0, 0.05) is 24.3 Å². The van der Waals surface area contributed by atoms with E-state index in [4.69, 9.17) is 5.73 Å². The van der Waals surface area contributed by atoms with Crippen molar-refractivity contribution in [2.75, 3.05) is 18.8 Å². The van der Waals surface area contributed by atoms with Crippen LogP contribution in [0.1, 0.15) is 65.5 Å². The van der Waals surface area contributed by atoms with Crippen molar-refractivity contribution in [1.82, 2.24) is 20.3 Å². The molecule has 1 aliphatic carbocycles. The standard InChI is InChI=1S/C38H53N5O5S/c1-26(2)24-43(49(47,48)31-19-17-30(39)18-20-31)25-33(44)32(23-28-13-9-7-10-14-28)40-36(46)34(37(4,5)6)41-35(45)27(3)42-38(21-22-38)29-15-11-8-12-16-29/h7-20,26-27,32-34,42,44H,21-25,39H2,1-6H3,(H,40,46)(H,41,45)/t27-,32+,33-,34?/m1/s1. The summed E-state index contributed by atoms with van der Waals surface area (Å²) in [5.41, 5.74) is 7.28. The monoisotopic (exact) mass is 691 g/mol. The van der Waals surface area contributed by atoms with Gasteiger partial charge in [-0.05, 0) is 72.9 Å². The Balaban J connectivity index is 1.54. The number of nitrogen functional groups attached to an aromatic ring is 1. The molecule has 11 heteroatoms. The third-order valence-corrected chi connectivity index (χ3v) is 10.8. The normalized spacial score (nSPS) is 16.8. The van der Waals surface area contributed by atoms with Crippen molar-refractivity contribution in [3.8, 4) is 0 Å². The Morgan fingerprint density at radius 2 is 1.43 bits per heavy atom. The number of hydrogen-bond acceptors (Lipinski definition) is 7. The molecule has 0 saturated heterocycles. The Labute approximate surface area is 291 Å². The lowest BCUT2D eigenvalue weighted by atomic mass is 9.85. The number of anilines is 1. The van der Waals surface area contributed by atoms with Crippen LogP contribution in [0, 0.1) is 11.3 Å². The summed E-state index contributed by atoms with van der Waals surface area (Å²) < 4.78 is 28.8. The first kappa shape index (κ1) is 38.0. The van der Waals surface area contributed by atoms with Gasteiger partial charge in [0.15, 0.2) is 0 Å². The molecule has 0 radical (unpaired) electrons. The molecule has 266 valence electrons. The van der Waals surface area contributed by atoms with Crippen molar-refractivity contribution in [2.45, 2.75) is 95.5 Å². The van der Waals surface area contributed by atoms with Crippen molar-refractivity contribution >= 4 is 27.5 Å². The highest BCUT2D eigenvalue weighted by molar-refractivity contribution is 7.89. The van der Waals surface area contributed by atoms with E-state index < -0.39 is 45.6 Å². The average Bonchev–Trinajstić information content (AvgIpc) is 3.83. The lowest BCUT2D eigenvalue weighted by Gasteiger charge is -2.35. The van der Waals surface area contributed by atoms with Crippen LogP contribution >= 0.6 is 0 Å². The van der Waals surface area contributed by atoms with Crippen LogP contribution in [-0.4, -0.2) is 67.0 Å². The maximum atomic E-state index is 14.1. The van der Waals surface area contributed by atoms with E-state index in [-0.39, 0.29) is 41.8 Å². The first-order valence-corrected chi connectivity index (χ1v) is 18.5. The first-order valence-electron chi connectivity index (χ1n) is 17.0. The number of carbonyl (C=O) groups excluding carboxylic acids is 2. The van der Waals surface area contributed by atoms with Gasteiger partial charge in [-0.1, -0.05) is 95.3 Å². The fourth-order valence-corrected chi connectivity index (χ4v) is 7.66. The highest BCUT2D eigenvalue weighted by atomic mass is 32.2. The number of benzene rings is 3. The van der Waals surface area contributed by atoms with Crippen LogP contribution in [0.15, 0.2) is 89.8 Å². The average molecular weight is 692 g/mol. The number of aliphatic hydroxyl groups is 1. The second kappa shape index (κ2) is 15.8. The zero-order valence-electron chi connectivity index (χ0n) is 29.5. The summed E-state index contributed by atoms with van der Waals surface area (Å²) in [4.78, 5) is 27.7. The summed E-state index contributed by atoms with van der Waals surface area (Å²) in [6, 6.07) is 23.0. The van der Waals surface area contributed by atoms with Gasteiger partial charge in [0.25, 0.3) is 0 Å². The van der Waals surface area contributed by atoms with Gasteiger partial charge in [-0.25, -0.2) is 8.42 Å². The molecule has 0 heterocycles. The number of amides is 2. The molecule has 3 aromatic rings. The number of sulfonamides is 1. The third-order valence-electron chi connectivity index (χ3n) is 8.95. The minimum Gasteiger partial charge on any atom is -0.399 e. The van der Waals surface area contributed by atoms with E-state index in [1.165, 1.54) is 28.6 Å². The summed E-state index contributed by atoms with van der Waals surface area (Å²) in [5, 5.41) is 21.2. The molecular weight excluding hydrogens is 639 g/mol. The molecule has 6 N–H and O–H groups in total. The molecule has 2 amide bonds. The number of nitrogens with zero attached hydrogens (tertiary/aromatic N) is 1. The van der Waals surface area contributed by atoms with Gasteiger partial charge in [0.2, 0.25) is 21.8 Å². The molecule has 0 spiro atoms. The molecule has 0 aliphatic heterocycles. The minimum absolute atomic E-state index is 0.0364. The summed E-state index contributed by atoms with van der Waals surface area (Å²) in [7, 11) is -4.00. The van der Waals surface area contributed by atoms with Gasteiger partial charge in [-0.15, -0.1) is 0 Å². The molecule has 4 atom stereocenters. The van der Waals surface area contributed by atoms with Gasteiger partial charge >= 0.3 is 0 Å². The largest absolute Gasteiger partial charge is 0.399 e. The quantitative estimate of drug-likeness (QED) is 0.141. The van der Waals surface area contributed by atoms with E-state index in [9.17, 15) is 23.1 Å². The summed E-state index contributed by atoms with van der Waals surface area (Å²) in [6.07, 6.45) is 0.800. The van der Waals surface area contributed by atoms with Crippen molar-refractivity contribution in [2.24, 2.45) is 11.3 Å². The molecule has 1 unspecified atom stereocenters. The van der Waals surface area contributed by atoms with Gasteiger partial charge in [-0.2, -0.15) is 4.31 Å². The van der Waals surface area contributed by atoms with Crippen LogP contribution in [0.3, 0.4) is 0 Å². The van der Waals surface area contributed by atoms with Crippen molar-refractivity contribution in [1.29, 1.82) is 0 Å². The highest BCUT2D eigenvalue weighted by Crippen LogP contribution is 2.45. The fourth-order valence-electron chi connectivity index (χ4n) is 6.04. The molecule has 4 rings (SSSR count). The Morgan fingerprint density at radius 1 is 0.857 bits per heavy atom. The van der Waals surface area contributed by atoms with Crippen LogP contribution in [-0.2, 0) is 31.6 Å². The predicted molar refractivity (Wildman–Crippen MR) is 194 cm³/mol. The van der Waals surface area contributed by atoms with Gasteiger partial charge in [0.1, 0.15) is 6.04 Å². The van der Waals surface area contributed by atoms with Crippen LogP contribution in [0.4, 0.5) is 5.69 Å². The molecule has 10 nitrogen and oxygen atoms in total. The number of carbonyl (C=O) groups is 2. The Bertz CT molecular complexity index is 1640. The maximum absolute atomic E-state index is 14.1. The Morgan fingerprint density at radius 3 is 1.96 bits per heavy atom. The van der Waals surface area contributed by atoms with E-state index in [0.717, 1.165) is 24.0 Å². The third kappa shape index (κ3) is 10.1. The summed E-state index contributed by atoms with van der Waals surface area (Å²) in [5.74, 6) is -0.810. The number of aliphatic hydroxyl groups excluding tert-OH is 1. The minimum atomic E-state index is -4.00. The maximum Gasteiger partial charge on any atom is 0.243 e. The van der Waals surface area contributed by atoms with E-state index in [2.05, 4.69) is 28.1 Å². The number of nitrogens with one attached hydrogen (secondary N) is 3. The SMILES string of the molecule is CC(C)CN(C[C@@H](O)[C@H](Cc1ccccc1)NC(=O)C(NC(=O)[C@@H](C)NC1(c2ccccc2)CC1)C(C)(C)C)S(=O)(=O)c1ccc(N)cc1. The first-order chi connectivity index (χ1) is 23.0. The zero-order valence-corrected chi connectivity index (χ0v) is 30.3. The second-order valence-electron chi connectivity index (χ2n) is 14.8. The van der Waals surface area contributed by atoms with Crippen molar-refractivity contribution in [3.63, 3.8) is 0 Å². The molecular formula is C38H53N5O5S. The van der Waals surface area contributed by atoms with E-state index in [1.807, 2.05) is 83.1 Å². The van der Waals surface area contributed by atoms with Crippen LogP contribution in [0.5, 0.6) is 0 Å². The van der Waals surface area contributed by atoms with E-state index in [0.29, 0.717) is 5.69 Å². The van der Waals surface area contributed by atoms with Crippen LogP contribution < -0.4 is 21.7 Å². The fraction of sp³-hybridized carbons (Fsp3) is 0.474. The Kier molecular flexibility index (Phi) is 12.3. The van der Waals surface area contributed by atoms with E-state index in [1.54, 1.807) is 6.92 Å². The second-order valence-corrected chi connectivity index (χ2v) is 16.7. The van der Waals surface area contributed by atoms with Crippen molar-refractivity contribution in [3.05, 3.63) is 96.1 Å². The molecule has 1 aliphatic rings.